The van der Waals surface area contributed by atoms with Crippen molar-refractivity contribution in [1.82, 2.24) is 0 Å². The Labute approximate surface area is 129 Å². The Balaban J connectivity index is 2.07. The third kappa shape index (κ3) is 9.35. The van der Waals surface area contributed by atoms with Gasteiger partial charge in [0.25, 0.3) is 0 Å². The summed E-state index contributed by atoms with van der Waals surface area (Å²) in [7, 11) is 0. The molecule has 1 aromatic rings. The van der Waals surface area contributed by atoms with E-state index < -0.39 is 0 Å². The van der Waals surface area contributed by atoms with Gasteiger partial charge in [0.05, 0.1) is 13.2 Å². The lowest BCUT2D eigenvalue weighted by atomic mass is 10.1. The molecule has 0 bridgehead atoms. The molecule has 0 aliphatic rings. The smallest absolute Gasteiger partial charge is 0.119 e. The van der Waals surface area contributed by atoms with Crippen LogP contribution in [0.5, 0.6) is 11.5 Å². The van der Waals surface area contributed by atoms with Crippen molar-refractivity contribution in [1.29, 1.82) is 0 Å². The van der Waals surface area contributed by atoms with Gasteiger partial charge in [-0.3, -0.25) is 0 Å². The number of rotatable bonds is 13. The molecule has 0 fully saturated rings. The Kier molecular flexibility index (Phi) is 10.6. The molecule has 1 rings (SSSR count). The molecule has 120 valence electrons. The highest BCUT2D eigenvalue weighted by molar-refractivity contribution is 5.31. The molecular weight excluding hydrogens is 264 g/mol. The second-order valence-corrected chi connectivity index (χ2v) is 5.37. The molecule has 3 heteroatoms. The summed E-state index contributed by atoms with van der Waals surface area (Å²) in [6.07, 6.45) is 9.36. The maximum Gasteiger partial charge on any atom is 0.119 e. The van der Waals surface area contributed by atoms with Gasteiger partial charge in [-0.25, -0.2) is 0 Å². The van der Waals surface area contributed by atoms with Crippen LogP contribution in [-0.2, 0) is 0 Å². The maximum absolute atomic E-state index is 8.69. The van der Waals surface area contributed by atoms with Crippen molar-refractivity contribution in [3.05, 3.63) is 24.3 Å². The summed E-state index contributed by atoms with van der Waals surface area (Å²) < 4.78 is 11.3. The van der Waals surface area contributed by atoms with Crippen LogP contribution < -0.4 is 9.47 Å². The van der Waals surface area contributed by atoms with Gasteiger partial charge in [-0.15, -0.1) is 0 Å². The Morgan fingerprint density at radius 3 is 1.71 bits per heavy atom. The zero-order chi connectivity index (χ0) is 15.2. The van der Waals surface area contributed by atoms with E-state index in [0.29, 0.717) is 6.61 Å². The van der Waals surface area contributed by atoms with Gasteiger partial charge in [0.1, 0.15) is 11.5 Å². The van der Waals surface area contributed by atoms with Crippen molar-refractivity contribution < 1.29 is 14.6 Å². The fourth-order valence-corrected chi connectivity index (χ4v) is 2.11. The molecule has 1 N–H and O–H groups in total. The summed E-state index contributed by atoms with van der Waals surface area (Å²) in [5, 5.41) is 8.69. The standard InChI is InChI=1S/C18H30O3/c1-2-3-4-5-6-8-15-20-17-10-12-18(13-11-17)21-16-9-7-14-19/h10-13,19H,2-9,14-16H2,1H3. The molecule has 21 heavy (non-hydrogen) atoms. The lowest BCUT2D eigenvalue weighted by Gasteiger charge is -2.08. The largest absolute Gasteiger partial charge is 0.494 e. The normalized spacial score (nSPS) is 10.6. The molecule has 1 aromatic carbocycles. The average molecular weight is 294 g/mol. The first-order valence-corrected chi connectivity index (χ1v) is 8.33. The number of hydrogen-bond acceptors (Lipinski definition) is 3. The van der Waals surface area contributed by atoms with Gasteiger partial charge < -0.3 is 14.6 Å². The monoisotopic (exact) mass is 294 g/mol. The van der Waals surface area contributed by atoms with Gasteiger partial charge in [0, 0.05) is 6.61 Å². The van der Waals surface area contributed by atoms with Crippen LogP contribution in [0.4, 0.5) is 0 Å². The third-order valence-corrected chi connectivity index (χ3v) is 3.41. The summed E-state index contributed by atoms with van der Waals surface area (Å²) in [4.78, 5) is 0. The zero-order valence-electron chi connectivity index (χ0n) is 13.4. The fraction of sp³-hybridized carbons (Fsp3) is 0.667. The first kappa shape index (κ1) is 17.8. The van der Waals surface area contributed by atoms with Gasteiger partial charge in [0.2, 0.25) is 0 Å². The predicted octanol–water partition coefficient (Wildman–Crippen LogP) is 4.58. The molecule has 0 unspecified atom stereocenters. The molecule has 0 amide bonds. The number of ether oxygens (including phenoxy) is 2. The number of unbranched alkanes of at least 4 members (excludes halogenated alkanes) is 6. The van der Waals surface area contributed by atoms with E-state index in [9.17, 15) is 0 Å². The predicted molar refractivity (Wildman–Crippen MR) is 87.1 cm³/mol. The van der Waals surface area contributed by atoms with Gasteiger partial charge in [0.15, 0.2) is 0 Å². The lowest BCUT2D eigenvalue weighted by Crippen LogP contribution is -1.99. The molecule has 0 radical (unpaired) electrons. The zero-order valence-corrected chi connectivity index (χ0v) is 13.4. The first-order chi connectivity index (χ1) is 10.4. The first-order valence-electron chi connectivity index (χ1n) is 8.33. The molecule has 0 heterocycles. The van der Waals surface area contributed by atoms with Crippen molar-refractivity contribution in [3.63, 3.8) is 0 Å². The quantitative estimate of drug-likeness (QED) is 0.541. The Morgan fingerprint density at radius 1 is 0.714 bits per heavy atom. The Hall–Kier alpha value is -1.22. The minimum atomic E-state index is 0.231. The Morgan fingerprint density at radius 2 is 1.19 bits per heavy atom. The number of aliphatic hydroxyl groups excluding tert-OH is 1. The molecule has 0 aliphatic carbocycles. The van der Waals surface area contributed by atoms with Gasteiger partial charge in [-0.1, -0.05) is 39.0 Å². The second kappa shape index (κ2) is 12.5. The van der Waals surface area contributed by atoms with Crippen molar-refractivity contribution in [3.8, 4) is 11.5 Å². The minimum absolute atomic E-state index is 0.231. The van der Waals surface area contributed by atoms with Gasteiger partial charge in [-0.05, 0) is 43.5 Å². The van der Waals surface area contributed by atoms with Crippen LogP contribution in [0.1, 0.15) is 58.3 Å². The Bertz CT molecular complexity index is 335. The molecule has 3 nitrogen and oxygen atoms in total. The van der Waals surface area contributed by atoms with E-state index in [1.165, 1.54) is 32.1 Å². The molecule has 0 spiro atoms. The van der Waals surface area contributed by atoms with Crippen molar-refractivity contribution >= 4 is 0 Å². The average Bonchev–Trinajstić information content (AvgIpc) is 2.52. The number of hydrogen-bond donors (Lipinski definition) is 1. The number of benzene rings is 1. The molecule has 0 saturated carbocycles. The SMILES string of the molecule is CCCCCCCCOc1ccc(OCCCCO)cc1. The van der Waals surface area contributed by atoms with Crippen molar-refractivity contribution in [2.45, 2.75) is 58.3 Å². The van der Waals surface area contributed by atoms with E-state index in [1.807, 2.05) is 24.3 Å². The van der Waals surface area contributed by atoms with Crippen LogP contribution >= 0.6 is 0 Å². The summed E-state index contributed by atoms with van der Waals surface area (Å²) in [6.45, 7) is 3.92. The van der Waals surface area contributed by atoms with E-state index >= 15 is 0 Å². The highest BCUT2D eigenvalue weighted by atomic mass is 16.5. The summed E-state index contributed by atoms with van der Waals surface area (Å²) in [6, 6.07) is 7.79. The van der Waals surface area contributed by atoms with Crippen LogP contribution in [0.25, 0.3) is 0 Å². The van der Waals surface area contributed by atoms with Crippen LogP contribution in [0.3, 0.4) is 0 Å². The highest BCUT2D eigenvalue weighted by Crippen LogP contribution is 2.18. The molecule has 0 aromatic heterocycles. The minimum Gasteiger partial charge on any atom is -0.494 e. The topological polar surface area (TPSA) is 38.7 Å². The van der Waals surface area contributed by atoms with E-state index in [0.717, 1.165) is 37.4 Å². The number of aliphatic hydroxyl groups is 1. The van der Waals surface area contributed by atoms with Crippen LogP contribution in [0, 0.1) is 0 Å². The lowest BCUT2D eigenvalue weighted by molar-refractivity contribution is 0.253. The summed E-state index contributed by atoms with van der Waals surface area (Å²) in [5.74, 6) is 1.77. The van der Waals surface area contributed by atoms with Crippen LogP contribution in [0.2, 0.25) is 0 Å². The molecule has 0 atom stereocenters. The van der Waals surface area contributed by atoms with E-state index in [2.05, 4.69) is 6.92 Å². The van der Waals surface area contributed by atoms with Gasteiger partial charge in [-0.2, -0.15) is 0 Å². The molecular formula is C18H30O3. The summed E-state index contributed by atoms with van der Waals surface area (Å²) in [5.41, 5.74) is 0. The van der Waals surface area contributed by atoms with E-state index in [4.69, 9.17) is 14.6 Å². The second-order valence-electron chi connectivity index (χ2n) is 5.37. The highest BCUT2D eigenvalue weighted by Gasteiger charge is 1.97. The van der Waals surface area contributed by atoms with Crippen LogP contribution in [-0.4, -0.2) is 24.9 Å². The fourth-order valence-electron chi connectivity index (χ4n) is 2.11. The van der Waals surface area contributed by atoms with E-state index in [-0.39, 0.29) is 6.61 Å². The van der Waals surface area contributed by atoms with Crippen molar-refractivity contribution in [2.24, 2.45) is 0 Å². The van der Waals surface area contributed by atoms with Crippen LogP contribution in [0.15, 0.2) is 24.3 Å². The molecule has 0 aliphatic heterocycles. The van der Waals surface area contributed by atoms with E-state index in [1.54, 1.807) is 0 Å². The third-order valence-electron chi connectivity index (χ3n) is 3.41. The van der Waals surface area contributed by atoms with Crippen molar-refractivity contribution in [2.75, 3.05) is 19.8 Å². The molecule has 0 saturated heterocycles. The van der Waals surface area contributed by atoms with Gasteiger partial charge >= 0.3 is 0 Å². The maximum atomic E-state index is 8.69. The summed E-state index contributed by atoms with van der Waals surface area (Å²) >= 11 is 0.